The van der Waals surface area contributed by atoms with Crippen LogP contribution in [0.25, 0.3) is 11.4 Å². The minimum Gasteiger partial charge on any atom is -0.330 e. The molecule has 3 heterocycles. The molecule has 1 atom stereocenters. The lowest BCUT2D eigenvalue weighted by Gasteiger charge is -2.22. The quantitative estimate of drug-likeness (QED) is 0.896. The molecule has 0 saturated carbocycles. The Morgan fingerprint density at radius 3 is 2.95 bits per heavy atom. The molecule has 1 fully saturated rings. The van der Waals surface area contributed by atoms with Crippen LogP contribution in [0.1, 0.15) is 30.3 Å². The first-order valence-electron chi connectivity index (χ1n) is 6.92. The Labute approximate surface area is 113 Å². The fourth-order valence-electron chi connectivity index (χ4n) is 2.67. The van der Waals surface area contributed by atoms with Gasteiger partial charge in [0, 0.05) is 25.2 Å². The molecule has 2 aromatic rings. The number of aromatic nitrogens is 3. The zero-order chi connectivity index (χ0) is 13.2. The highest BCUT2D eigenvalue weighted by molar-refractivity contribution is 5.54. The summed E-state index contributed by atoms with van der Waals surface area (Å²) in [6.07, 6.45) is 4.37. The van der Waals surface area contributed by atoms with Crippen LogP contribution < -0.4 is 5.32 Å². The molecule has 1 N–H and O–H groups in total. The van der Waals surface area contributed by atoms with E-state index in [0.29, 0.717) is 5.92 Å². The molecule has 2 aromatic heterocycles. The van der Waals surface area contributed by atoms with Crippen molar-refractivity contribution in [2.75, 3.05) is 13.1 Å². The molecular formula is C15H20N4. The minimum atomic E-state index is 0.544. The Hall–Kier alpha value is -1.68. The number of nitrogens with zero attached hydrogens (tertiary/aromatic N) is 3. The first-order chi connectivity index (χ1) is 9.25. The van der Waals surface area contributed by atoms with Gasteiger partial charge >= 0.3 is 0 Å². The van der Waals surface area contributed by atoms with Gasteiger partial charge in [-0.1, -0.05) is 6.07 Å². The number of imidazole rings is 1. The van der Waals surface area contributed by atoms with Gasteiger partial charge in [-0.05, 0) is 38.4 Å². The largest absolute Gasteiger partial charge is 0.330 e. The minimum absolute atomic E-state index is 0.544. The maximum absolute atomic E-state index is 4.84. The lowest BCUT2D eigenvalue weighted by Crippen LogP contribution is -2.28. The molecule has 4 heteroatoms. The van der Waals surface area contributed by atoms with Crippen molar-refractivity contribution in [3.8, 4) is 11.4 Å². The third kappa shape index (κ3) is 2.40. The monoisotopic (exact) mass is 256 g/mol. The molecule has 1 aliphatic heterocycles. The fraction of sp³-hybridized carbons (Fsp3) is 0.467. The summed E-state index contributed by atoms with van der Waals surface area (Å²) >= 11 is 0. The van der Waals surface area contributed by atoms with Gasteiger partial charge in [0.2, 0.25) is 0 Å². The number of hydrogen-bond acceptors (Lipinski definition) is 3. The lowest BCUT2D eigenvalue weighted by atomic mass is 9.95. The molecule has 1 aliphatic rings. The van der Waals surface area contributed by atoms with Crippen LogP contribution in [-0.4, -0.2) is 27.6 Å². The zero-order valence-electron chi connectivity index (χ0n) is 11.6. The highest BCUT2D eigenvalue weighted by Crippen LogP contribution is 2.24. The first kappa shape index (κ1) is 12.4. The number of rotatable bonds is 2. The van der Waals surface area contributed by atoms with Gasteiger partial charge < -0.3 is 9.88 Å². The highest BCUT2D eigenvalue weighted by Gasteiger charge is 2.17. The van der Waals surface area contributed by atoms with Crippen LogP contribution in [0.15, 0.2) is 24.4 Å². The average Bonchev–Trinajstić information content (AvgIpc) is 2.80. The molecule has 0 aromatic carbocycles. The van der Waals surface area contributed by atoms with E-state index in [-0.39, 0.29) is 0 Å². The second-order valence-corrected chi connectivity index (χ2v) is 5.24. The van der Waals surface area contributed by atoms with Crippen molar-refractivity contribution in [3.05, 3.63) is 35.9 Å². The molecule has 0 radical (unpaired) electrons. The maximum Gasteiger partial charge on any atom is 0.105 e. The maximum atomic E-state index is 4.84. The van der Waals surface area contributed by atoms with E-state index in [9.17, 15) is 0 Å². The predicted octanol–water partition coefficient (Wildman–Crippen LogP) is 2.26. The summed E-state index contributed by atoms with van der Waals surface area (Å²) in [5.74, 6) is 1.56. The molecule has 0 unspecified atom stereocenters. The van der Waals surface area contributed by atoms with Crippen molar-refractivity contribution >= 4 is 0 Å². The van der Waals surface area contributed by atoms with Crippen LogP contribution in [0.3, 0.4) is 0 Å². The third-order valence-corrected chi connectivity index (χ3v) is 3.97. The molecule has 0 aliphatic carbocycles. The standard InChI is InChI=1S/C15H20N4/c1-11-17-10-15(19(11)2)14-7-3-6-13(18-14)12-5-4-8-16-9-12/h3,6-7,10,12,16H,4-5,8-9H2,1-2H3/t12-/m0/s1. The van der Waals surface area contributed by atoms with Gasteiger partial charge in [-0.15, -0.1) is 0 Å². The van der Waals surface area contributed by atoms with E-state index in [1.165, 1.54) is 18.5 Å². The van der Waals surface area contributed by atoms with Crippen molar-refractivity contribution in [1.82, 2.24) is 19.9 Å². The van der Waals surface area contributed by atoms with Crippen molar-refractivity contribution in [2.24, 2.45) is 7.05 Å². The Bertz CT molecular complexity index is 567. The predicted molar refractivity (Wildman–Crippen MR) is 76.0 cm³/mol. The second-order valence-electron chi connectivity index (χ2n) is 5.24. The summed E-state index contributed by atoms with van der Waals surface area (Å²) in [7, 11) is 2.04. The van der Waals surface area contributed by atoms with Crippen molar-refractivity contribution < 1.29 is 0 Å². The highest BCUT2D eigenvalue weighted by atomic mass is 15.1. The molecule has 100 valence electrons. The summed E-state index contributed by atoms with van der Waals surface area (Å²) in [6, 6.07) is 6.31. The average molecular weight is 256 g/mol. The molecule has 19 heavy (non-hydrogen) atoms. The first-order valence-corrected chi connectivity index (χ1v) is 6.92. The number of pyridine rings is 1. The number of piperidine rings is 1. The van der Waals surface area contributed by atoms with Crippen LogP contribution in [0.4, 0.5) is 0 Å². The van der Waals surface area contributed by atoms with Gasteiger partial charge in [0.25, 0.3) is 0 Å². The van der Waals surface area contributed by atoms with E-state index < -0.39 is 0 Å². The van der Waals surface area contributed by atoms with Gasteiger partial charge in [-0.3, -0.25) is 4.98 Å². The molecule has 0 spiro atoms. The zero-order valence-corrected chi connectivity index (χ0v) is 11.6. The van der Waals surface area contributed by atoms with E-state index >= 15 is 0 Å². The Balaban J connectivity index is 1.93. The Kier molecular flexibility index (Phi) is 3.34. The van der Waals surface area contributed by atoms with Crippen LogP contribution in [0.5, 0.6) is 0 Å². The summed E-state index contributed by atoms with van der Waals surface area (Å²) in [6.45, 7) is 4.19. The van der Waals surface area contributed by atoms with Crippen LogP contribution in [0, 0.1) is 6.92 Å². The van der Waals surface area contributed by atoms with Gasteiger partial charge in [-0.2, -0.15) is 0 Å². The van der Waals surface area contributed by atoms with E-state index in [1.54, 1.807) is 0 Å². The van der Waals surface area contributed by atoms with Crippen molar-refractivity contribution in [1.29, 1.82) is 0 Å². The summed E-state index contributed by atoms with van der Waals surface area (Å²) < 4.78 is 2.09. The van der Waals surface area contributed by atoms with Gasteiger partial charge in [0.15, 0.2) is 0 Å². The van der Waals surface area contributed by atoms with Crippen molar-refractivity contribution in [2.45, 2.75) is 25.7 Å². The van der Waals surface area contributed by atoms with Crippen LogP contribution >= 0.6 is 0 Å². The molecule has 1 saturated heterocycles. The molecule has 3 rings (SSSR count). The molecular weight excluding hydrogens is 236 g/mol. The van der Waals surface area contributed by atoms with E-state index in [1.807, 2.05) is 20.2 Å². The van der Waals surface area contributed by atoms with E-state index in [0.717, 1.165) is 30.3 Å². The van der Waals surface area contributed by atoms with Crippen LogP contribution in [-0.2, 0) is 7.05 Å². The Morgan fingerprint density at radius 1 is 1.37 bits per heavy atom. The van der Waals surface area contributed by atoms with Gasteiger partial charge in [-0.25, -0.2) is 4.98 Å². The van der Waals surface area contributed by atoms with Gasteiger partial charge in [0.05, 0.1) is 17.6 Å². The van der Waals surface area contributed by atoms with E-state index in [4.69, 9.17) is 4.98 Å². The summed E-state index contributed by atoms with van der Waals surface area (Å²) in [5, 5.41) is 3.45. The number of nitrogens with one attached hydrogen (secondary N) is 1. The smallest absolute Gasteiger partial charge is 0.105 e. The molecule has 0 bridgehead atoms. The fourth-order valence-corrected chi connectivity index (χ4v) is 2.67. The van der Waals surface area contributed by atoms with E-state index in [2.05, 4.69) is 33.1 Å². The van der Waals surface area contributed by atoms with Gasteiger partial charge in [0.1, 0.15) is 5.82 Å². The summed E-state index contributed by atoms with van der Waals surface area (Å²) in [4.78, 5) is 9.19. The lowest BCUT2D eigenvalue weighted by molar-refractivity contribution is 0.455. The summed E-state index contributed by atoms with van der Waals surface area (Å²) in [5.41, 5.74) is 3.30. The Morgan fingerprint density at radius 2 is 2.26 bits per heavy atom. The van der Waals surface area contributed by atoms with Crippen LogP contribution in [0.2, 0.25) is 0 Å². The normalized spacial score (nSPS) is 19.6. The SMILES string of the molecule is Cc1ncc(-c2cccc([C@H]3CCCNC3)n2)n1C. The molecule has 4 nitrogen and oxygen atoms in total. The molecule has 0 amide bonds. The third-order valence-electron chi connectivity index (χ3n) is 3.97. The van der Waals surface area contributed by atoms with Crippen molar-refractivity contribution in [3.63, 3.8) is 0 Å². The topological polar surface area (TPSA) is 42.7 Å². The number of hydrogen-bond donors (Lipinski definition) is 1. The second kappa shape index (κ2) is 5.13. The number of aryl methyl sites for hydroxylation is 1.